The van der Waals surface area contributed by atoms with Crippen molar-refractivity contribution in [3.8, 4) is 11.5 Å². The van der Waals surface area contributed by atoms with Gasteiger partial charge in [0.05, 0.1) is 0 Å². The first-order valence-corrected chi connectivity index (χ1v) is 8.99. The Hall–Kier alpha value is -2.83. The van der Waals surface area contributed by atoms with Crippen LogP contribution in [0.1, 0.15) is 49.3 Å². The van der Waals surface area contributed by atoms with Gasteiger partial charge in [0.1, 0.15) is 18.0 Å². The van der Waals surface area contributed by atoms with E-state index < -0.39 is 17.8 Å². The third kappa shape index (κ3) is 4.71. The Balaban J connectivity index is 0.000000516. The highest BCUT2D eigenvalue weighted by atomic mass is 19.1. The fourth-order valence-corrected chi connectivity index (χ4v) is 3.31. The van der Waals surface area contributed by atoms with E-state index in [-0.39, 0.29) is 18.0 Å². The predicted molar refractivity (Wildman–Crippen MR) is 98.2 cm³/mol. The second kappa shape index (κ2) is 7.66. The van der Waals surface area contributed by atoms with Crippen LogP contribution in [0.5, 0.6) is 11.5 Å². The number of rotatable bonds is 4. The van der Waals surface area contributed by atoms with E-state index in [2.05, 4.69) is 0 Å². The molecule has 0 atom stereocenters. The molecule has 0 amide bonds. The summed E-state index contributed by atoms with van der Waals surface area (Å²) in [6, 6.07) is 8.59. The topological polar surface area (TPSA) is 76.0 Å². The van der Waals surface area contributed by atoms with Gasteiger partial charge in [0, 0.05) is 12.0 Å². The first kappa shape index (κ1) is 19.9. The molecular formula is C21H22F2O5. The van der Waals surface area contributed by atoms with Crippen LogP contribution >= 0.6 is 0 Å². The first-order chi connectivity index (χ1) is 13.2. The van der Waals surface area contributed by atoms with Gasteiger partial charge in [-0.2, -0.15) is 0 Å². The van der Waals surface area contributed by atoms with Gasteiger partial charge >= 0.3 is 6.16 Å². The van der Waals surface area contributed by atoms with Crippen LogP contribution in [0.4, 0.5) is 13.6 Å². The van der Waals surface area contributed by atoms with E-state index in [0.29, 0.717) is 5.92 Å². The lowest BCUT2D eigenvalue weighted by molar-refractivity contribution is 0.134. The molecule has 0 saturated heterocycles. The summed E-state index contributed by atoms with van der Waals surface area (Å²) >= 11 is 0. The van der Waals surface area contributed by atoms with Crippen molar-refractivity contribution in [1.82, 2.24) is 0 Å². The summed E-state index contributed by atoms with van der Waals surface area (Å²) in [5.74, 6) is -0.500. The molecule has 1 saturated carbocycles. The minimum Gasteiger partial charge on any atom is -0.487 e. The lowest BCUT2D eigenvalue weighted by Crippen LogP contribution is -2.25. The number of benzene rings is 2. The Bertz CT molecular complexity index is 863. The molecule has 4 rings (SSSR count). The Labute approximate surface area is 161 Å². The molecule has 28 heavy (non-hydrogen) atoms. The van der Waals surface area contributed by atoms with Crippen molar-refractivity contribution in [3.63, 3.8) is 0 Å². The van der Waals surface area contributed by atoms with Crippen LogP contribution in [0.15, 0.2) is 30.3 Å². The van der Waals surface area contributed by atoms with E-state index in [1.165, 1.54) is 12.1 Å². The van der Waals surface area contributed by atoms with E-state index in [1.54, 1.807) is 0 Å². The minimum absolute atomic E-state index is 0.0792. The lowest BCUT2D eigenvalue weighted by Gasteiger charge is -2.18. The standard InChI is InChI=1S/C20H20F2O2.CH2O3/c1-20(2)10-13-4-3-5-14(18(13)24-20)11-23-19-16(21)8-15(9-17(19)22)12-6-7-12;2-1(3)4/h3-5,8-9,12H,6-7,10-11H2,1-2H3;(H2,2,3,4). The lowest BCUT2D eigenvalue weighted by atomic mass is 10.0. The van der Waals surface area contributed by atoms with Crippen molar-refractivity contribution in [3.05, 3.63) is 58.7 Å². The highest BCUT2D eigenvalue weighted by Crippen LogP contribution is 2.42. The maximum atomic E-state index is 14.2. The van der Waals surface area contributed by atoms with Gasteiger partial charge in [-0.25, -0.2) is 13.6 Å². The summed E-state index contributed by atoms with van der Waals surface area (Å²) in [4.78, 5) is 8.56. The number of ether oxygens (including phenoxy) is 2. The normalized spacial score (nSPS) is 16.4. The molecular weight excluding hydrogens is 370 g/mol. The second-order valence-corrected chi connectivity index (χ2v) is 7.60. The van der Waals surface area contributed by atoms with Crippen molar-refractivity contribution in [2.45, 2.75) is 51.2 Å². The number of fused-ring (bicyclic) bond motifs is 1. The zero-order chi connectivity index (χ0) is 20.5. The summed E-state index contributed by atoms with van der Waals surface area (Å²) in [7, 11) is 0. The first-order valence-electron chi connectivity index (χ1n) is 8.99. The Morgan fingerprint density at radius 1 is 1.21 bits per heavy atom. The van der Waals surface area contributed by atoms with Gasteiger partial charge in [-0.1, -0.05) is 18.2 Å². The van der Waals surface area contributed by atoms with Crippen LogP contribution in [0.25, 0.3) is 0 Å². The van der Waals surface area contributed by atoms with Crippen molar-refractivity contribution in [2.75, 3.05) is 0 Å². The van der Waals surface area contributed by atoms with Crippen LogP contribution in [0.3, 0.4) is 0 Å². The average Bonchev–Trinajstić information content (AvgIpc) is 3.36. The molecule has 0 unspecified atom stereocenters. The summed E-state index contributed by atoms with van der Waals surface area (Å²) in [6.07, 6.45) is 0.986. The SMILES string of the molecule is CC1(C)Cc2cccc(COc3c(F)cc(C4CC4)cc3F)c2O1.O=C(O)O. The van der Waals surface area contributed by atoms with E-state index in [0.717, 1.165) is 41.7 Å². The number of hydrogen-bond acceptors (Lipinski definition) is 3. The monoisotopic (exact) mass is 392 g/mol. The van der Waals surface area contributed by atoms with Crippen molar-refractivity contribution >= 4 is 6.16 Å². The molecule has 5 nitrogen and oxygen atoms in total. The predicted octanol–water partition coefficient (Wildman–Crippen LogP) is 5.36. The molecule has 1 aliphatic heterocycles. The Morgan fingerprint density at radius 3 is 2.39 bits per heavy atom. The van der Waals surface area contributed by atoms with Gasteiger partial charge in [-0.3, -0.25) is 0 Å². The fourth-order valence-electron chi connectivity index (χ4n) is 3.31. The second-order valence-electron chi connectivity index (χ2n) is 7.60. The molecule has 0 spiro atoms. The van der Waals surface area contributed by atoms with Gasteiger partial charge < -0.3 is 19.7 Å². The maximum absolute atomic E-state index is 14.2. The van der Waals surface area contributed by atoms with E-state index in [1.807, 2.05) is 32.0 Å². The molecule has 7 heteroatoms. The van der Waals surface area contributed by atoms with E-state index in [4.69, 9.17) is 24.5 Å². The summed E-state index contributed by atoms with van der Waals surface area (Å²) in [6.45, 7) is 4.12. The molecule has 2 aromatic carbocycles. The van der Waals surface area contributed by atoms with Gasteiger partial charge in [0.15, 0.2) is 17.4 Å². The average molecular weight is 392 g/mol. The van der Waals surface area contributed by atoms with Crippen molar-refractivity contribution < 1.29 is 33.3 Å². The van der Waals surface area contributed by atoms with Crippen LogP contribution in [-0.2, 0) is 13.0 Å². The molecule has 2 aromatic rings. The summed E-state index contributed by atoms with van der Waals surface area (Å²) in [5, 5.41) is 13.9. The molecule has 0 aromatic heterocycles. The van der Waals surface area contributed by atoms with Crippen LogP contribution in [0, 0.1) is 11.6 Å². The van der Waals surface area contributed by atoms with Crippen molar-refractivity contribution in [2.24, 2.45) is 0 Å². The smallest absolute Gasteiger partial charge is 0.487 e. The number of hydrogen-bond donors (Lipinski definition) is 2. The third-order valence-electron chi connectivity index (χ3n) is 4.61. The third-order valence-corrected chi connectivity index (χ3v) is 4.61. The molecule has 150 valence electrons. The molecule has 0 radical (unpaired) electrons. The quantitative estimate of drug-likeness (QED) is 0.733. The maximum Gasteiger partial charge on any atom is 0.503 e. The van der Waals surface area contributed by atoms with Crippen LogP contribution < -0.4 is 9.47 Å². The zero-order valence-corrected chi connectivity index (χ0v) is 15.7. The van der Waals surface area contributed by atoms with Crippen LogP contribution in [0.2, 0.25) is 0 Å². The number of carboxylic acid groups (broad SMARTS) is 2. The minimum atomic E-state index is -1.83. The van der Waals surface area contributed by atoms with Crippen LogP contribution in [-0.4, -0.2) is 22.0 Å². The molecule has 1 heterocycles. The summed E-state index contributed by atoms with van der Waals surface area (Å²) < 4.78 is 39.8. The van der Waals surface area contributed by atoms with Gasteiger partial charge in [0.2, 0.25) is 0 Å². The largest absolute Gasteiger partial charge is 0.503 e. The molecule has 0 bridgehead atoms. The van der Waals surface area contributed by atoms with E-state index >= 15 is 0 Å². The Kier molecular flexibility index (Phi) is 5.45. The van der Waals surface area contributed by atoms with Gasteiger partial charge in [-0.15, -0.1) is 0 Å². The highest BCUT2D eigenvalue weighted by molar-refractivity contribution is 5.53. The number of halogens is 2. The number of para-hydroxylation sites is 1. The van der Waals surface area contributed by atoms with Crippen molar-refractivity contribution in [1.29, 1.82) is 0 Å². The highest BCUT2D eigenvalue weighted by Gasteiger charge is 2.32. The molecule has 2 aliphatic rings. The van der Waals surface area contributed by atoms with Gasteiger partial charge in [-0.05, 0) is 55.9 Å². The molecule has 2 N–H and O–H groups in total. The van der Waals surface area contributed by atoms with Gasteiger partial charge in [0.25, 0.3) is 0 Å². The fraction of sp³-hybridized carbons (Fsp3) is 0.381. The summed E-state index contributed by atoms with van der Waals surface area (Å²) in [5.41, 5.74) is 2.37. The van der Waals surface area contributed by atoms with E-state index in [9.17, 15) is 8.78 Å². The molecule has 1 fully saturated rings. The zero-order valence-electron chi connectivity index (χ0n) is 15.7. The molecule has 1 aliphatic carbocycles. The number of carbonyl (C=O) groups is 1. The Morgan fingerprint density at radius 2 is 1.82 bits per heavy atom.